The van der Waals surface area contributed by atoms with Crippen LogP contribution >= 0.6 is 0 Å². The number of hydrogen-bond acceptors (Lipinski definition) is 7. The van der Waals surface area contributed by atoms with E-state index < -0.39 is 0 Å². The number of rotatable bonds is 10. The highest BCUT2D eigenvalue weighted by atomic mass is 16.5. The van der Waals surface area contributed by atoms with Crippen molar-refractivity contribution in [3.05, 3.63) is 66.0 Å². The number of hydrogen-bond donors (Lipinski definition) is 4. The minimum Gasteiger partial charge on any atom is -0.494 e. The summed E-state index contributed by atoms with van der Waals surface area (Å²) < 4.78 is 5.75. The Morgan fingerprint density at radius 3 is 2.42 bits per heavy atom. The summed E-state index contributed by atoms with van der Waals surface area (Å²) in [6.45, 7) is 4.97. The van der Waals surface area contributed by atoms with Gasteiger partial charge < -0.3 is 21.1 Å². The summed E-state index contributed by atoms with van der Waals surface area (Å²) >= 11 is 0. The zero-order valence-electron chi connectivity index (χ0n) is 17.6. The maximum Gasteiger partial charge on any atom is 0.211 e. The van der Waals surface area contributed by atoms with Crippen molar-refractivity contribution in [1.82, 2.24) is 9.97 Å². The Balaban J connectivity index is 1.78. The molecule has 160 valence electrons. The lowest BCUT2D eigenvalue weighted by Crippen LogP contribution is -2.12. The summed E-state index contributed by atoms with van der Waals surface area (Å²) in [5, 5.41) is 14.4. The second-order valence-electron chi connectivity index (χ2n) is 7.38. The zero-order valence-corrected chi connectivity index (χ0v) is 17.6. The third-order valence-electron chi connectivity index (χ3n) is 4.61. The summed E-state index contributed by atoms with van der Waals surface area (Å²) in [6, 6.07) is 14.4. The smallest absolute Gasteiger partial charge is 0.211 e. The monoisotopic (exact) mass is 418 g/mol. The van der Waals surface area contributed by atoms with Crippen LogP contribution in [-0.4, -0.2) is 28.7 Å². The van der Waals surface area contributed by atoms with E-state index in [0.717, 1.165) is 17.9 Å². The molecule has 5 N–H and O–H groups in total. The van der Waals surface area contributed by atoms with E-state index >= 15 is 0 Å². The van der Waals surface area contributed by atoms with E-state index in [1.54, 1.807) is 24.3 Å². The largest absolute Gasteiger partial charge is 0.494 e. The van der Waals surface area contributed by atoms with Gasteiger partial charge in [0.25, 0.3) is 0 Å². The molecule has 0 saturated carbocycles. The molecule has 0 bridgehead atoms. The van der Waals surface area contributed by atoms with Crippen LogP contribution in [-0.2, 0) is 4.79 Å². The number of nitrogens with two attached hydrogens (primary N) is 1. The standard InChI is InChI=1S/C23H26N6O2/c1-15(2)11-12-31-19-9-3-16(4-10-19)21(24)20-22(25)26-13-27-23(20)29-18-7-5-17(6-8-18)28-14-30/h3-10,13-15,24H,11-12H2,1-2H3,(H,28,30)(H3,25,26,27,29). The molecule has 0 spiro atoms. The van der Waals surface area contributed by atoms with Gasteiger partial charge in [0.05, 0.1) is 17.9 Å². The van der Waals surface area contributed by atoms with E-state index in [2.05, 4.69) is 34.4 Å². The third kappa shape index (κ3) is 5.79. The maximum atomic E-state index is 10.6. The van der Waals surface area contributed by atoms with Gasteiger partial charge in [-0.15, -0.1) is 0 Å². The molecule has 31 heavy (non-hydrogen) atoms. The molecule has 0 saturated heterocycles. The minimum absolute atomic E-state index is 0.202. The molecule has 3 rings (SSSR count). The van der Waals surface area contributed by atoms with Crippen LogP contribution in [0.4, 0.5) is 23.0 Å². The van der Waals surface area contributed by atoms with Gasteiger partial charge in [0, 0.05) is 16.9 Å². The number of ether oxygens (including phenoxy) is 1. The molecule has 1 heterocycles. The molecule has 0 radical (unpaired) electrons. The molecule has 2 aromatic carbocycles. The Labute approximate surface area is 181 Å². The van der Waals surface area contributed by atoms with Gasteiger partial charge in [0.1, 0.15) is 23.7 Å². The normalized spacial score (nSPS) is 10.5. The van der Waals surface area contributed by atoms with Gasteiger partial charge in [-0.3, -0.25) is 10.2 Å². The van der Waals surface area contributed by atoms with Crippen molar-refractivity contribution in [1.29, 1.82) is 5.41 Å². The van der Waals surface area contributed by atoms with E-state index in [1.807, 2.05) is 24.3 Å². The van der Waals surface area contributed by atoms with Gasteiger partial charge in [-0.1, -0.05) is 13.8 Å². The Morgan fingerprint density at radius 1 is 1.10 bits per heavy atom. The van der Waals surface area contributed by atoms with Crippen LogP contribution < -0.4 is 21.1 Å². The van der Waals surface area contributed by atoms with Crippen LogP contribution in [0.3, 0.4) is 0 Å². The minimum atomic E-state index is 0.202. The number of carbonyl (C=O) groups excluding carboxylic acids is 1. The lowest BCUT2D eigenvalue weighted by molar-refractivity contribution is -0.105. The maximum absolute atomic E-state index is 10.6. The Morgan fingerprint density at radius 2 is 1.77 bits per heavy atom. The highest BCUT2D eigenvalue weighted by molar-refractivity contribution is 6.16. The topological polar surface area (TPSA) is 126 Å². The first-order valence-corrected chi connectivity index (χ1v) is 9.98. The molecule has 0 fully saturated rings. The number of benzene rings is 2. The van der Waals surface area contributed by atoms with Crippen LogP contribution in [0.25, 0.3) is 0 Å². The first-order valence-electron chi connectivity index (χ1n) is 9.98. The lowest BCUT2D eigenvalue weighted by atomic mass is 10.0. The average Bonchev–Trinajstić information content (AvgIpc) is 2.75. The molecule has 1 amide bonds. The van der Waals surface area contributed by atoms with Crippen LogP contribution in [0.2, 0.25) is 0 Å². The van der Waals surface area contributed by atoms with Gasteiger partial charge in [-0.2, -0.15) is 0 Å². The van der Waals surface area contributed by atoms with Crippen LogP contribution in [0, 0.1) is 11.3 Å². The molecule has 3 aromatic rings. The van der Waals surface area contributed by atoms with E-state index in [9.17, 15) is 4.79 Å². The molecule has 1 aromatic heterocycles. The van der Waals surface area contributed by atoms with Gasteiger partial charge in [0.2, 0.25) is 6.41 Å². The molecule has 0 unspecified atom stereocenters. The van der Waals surface area contributed by atoms with Crippen LogP contribution in [0.1, 0.15) is 31.4 Å². The molecule has 0 aliphatic carbocycles. The zero-order chi connectivity index (χ0) is 22.2. The third-order valence-corrected chi connectivity index (χ3v) is 4.61. The molecular formula is C23H26N6O2. The first kappa shape index (κ1) is 21.8. The van der Waals surface area contributed by atoms with Gasteiger partial charge in [0.15, 0.2) is 0 Å². The molecule has 8 heteroatoms. The average molecular weight is 419 g/mol. The predicted molar refractivity (Wildman–Crippen MR) is 123 cm³/mol. The van der Waals surface area contributed by atoms with Gasteiger partial charge >= 0.3 is 0 Å². The van der Waals surface area contributed by atoms with Crippen molar-refractivity contribution in [3.8, 4) is 5.75 Å². The fourth-order valence-electron chi connectivity index (χ4n) is 2.87. The van der Waals surface area contributed by atoms with E-state index in [4.69, 9.17) is 15.9 Å². The van der Waals surface area contributed by atoms with Crippen molar-refractivity contribution in [3.63, 3.8) is 0 Å². The van der Waals surface area contributed by atoms with Gasteiger partial charge in [-0.25, -0.2) is 9.97 Å². The Hall–Kier alpha value is -3.94. The number of amides is 1. The fraction of sp³-hybridized carbons (Fsp3) is 0.217. The van der Waals surface area contributed by atoms with Crippen LogP contribution in [0.5, 0.6) is 5.75 Å². The Bertz CT molecular complexity index is 1030. The summed E-state index contributed by atoms with van der Waals surface area (Å²) in [5.74, 6) is 1.97. The molecule has 0 atom stereocenters. The van der Waals surface area contributed by atoms with E-state index in [1.165, 1.54) is 6.33 Å². The number of aromatic nitrogens is 2. The number of anilines is 4. The number of nitrogens with one attached hydrogen (secondary N) is 3. The second-order valence-corrected chi connectivity index (χ2v) is 7.38. The molecule has 0 aliphatic heterocycles. The quantitative estimate of drug-likeness (QED) is 0.289. The van der Waals surface area contributed by atoms with Crippen LogP contribution in [0.15, 0.2) is 54.9 Å². The van der Waals surface area contributed by atoms with E-state index in [0.29, 0.717) is 41.6 Å². The second kappa shape index (κ2) is 10.2. The van der Waals surface area contributed by atoms with Crippen molar-refractivity contribution in [2.45, 2.75) is 20.3 Å². The molecule has 0 aliphatic rings. The van der Waals surface area contributed by atoms with Crippen molar-refractivity contribution in [2.75, 3.05) is 23.0 Å². The van der Waals surface area contributed by atoms with E-state index in [-0.39, 0.29) is 11.5 Å². The number of nitrogen functional groups attached to an aromatic ring is 1. The predicted octanol–water partition coefficient (Wildman–Crippen LogP) is 4.21. The summed E-state index contributed by atoms with van der Waals surface area (Å²) in [4.78, 5) is 18.9. The van der Waals surface area contributed by atoms with Crippen molar-refractivity contribution >= 4 is 35.1 Å². The highest BCUT2D eigenvalue weighted by Crippen LogP contribution is 2.26. The number of carbonyl (C=O) groups is 1. The van der Waals surface area contributed by atoms with Crippen molar-refractivity contribution < 1.29 is 9.53 Å². The molecular weight excluding hydrogens is 392 g/mol. The number of nitrogens with zero attached hydrogens (tertiary/aromatic N) is 2. The first-order chi connectivity index (χ1) is 15.0. The Kier molecular flexibility index (Phi) is 7.16. The van der Waals surface area contributed by atoms with Crippen molar-refractivity contribution in [2.24, 2.45) is 5.92 Å². The SMILES string of the molecule is CC(C)CCOc1ccc(C(=N)c2c(N)ncnc2Nc2ccc(NC=O)cc2)cc1. The summed E-state index contributed by atoms with van der Waals surface area (Å²) in [5.41, 5.74) is 8.79. The summed E-state index contributed by atoms with van der Waals surface area (Å²) in [6.07, 6.45) is 2.95. The fourth-order valence-corrected chi connectivity index (χ4v) is 2.87. The lowest BCUT2D eigenvalue weighted by Gasteiger charge is -2.14. The summed E-state index contributed by atoms with van der Waals surface area (Å²) in [7, 11) is 0. The molecule has 8 nitrogen and oxygen atoms in total. The van der Waals surface area contributed by atoms with Gasteiger partial charge in [-0.05, 0) is 60.9 Å². The highest BCUT2D eigenvalue weighted by Gasteiger charge is 2.16.